The molecule has 1 unspecified atom stereocenters. The van der Waals surface area contributed by atoms with Gasteiger partial charge in [-0.05, 0) is 19.4 Å². The number of hydrogen-bond donors (Lipinski definition) is 1. The van der Waals surface area contributed by atoms with Crippen molar-refractivity contribution in [2.75, 3.05) is 7.11 Å². The van der Waals surface area contributed by atoms with E-state index in [4.69, 9.17) is 10.5 Å². The molecule has 0 heterocycles. The third-order valence-electron chi connectivity index (χ3n) is 1.84. The van der Waals surface area contributed by atoms with Crippen molar-refractivity contribution in [3.05, 3.63) is 23.9 Å². The van der Waals surface area contributed by atoms with Crippen LogP contribution in [0.2, 0.25) is 0 Å². The van der Waals surface area contributed by atoms with Crippen molar-refractivity contribution in [1.82, 2.24) is 0 Å². The van der Waals surface area contributed by atoms with Gasteiger partial charge in [-0.2, -0.15) is 0 Å². The van der Waals surface area contributed by atoms with Gasteiger partial charge in [-0.15, -0.1) is 0 Å². The molecule has 1 aliphatic carbocycles. The number of nitrogens with two attached hydrogens (primary N) is 1. The fourth-order valence-corrected chi connectivity index (χ4v) is 0.880. The van der Waals surface area contributed by atoms with E-state index in [0.717, 1.165) is 12.1 Å². The van der Waals surface area contributed by atoms with Crippen molar-refractivity contribution in [2.24, 2.45) is 5.73 Å². The first-order chi connectivity index (χ1) is 4.66. The highest BCUT2D eigenvalue weighted by Crippen LogP contribution is 2.21. The Hall–Kier alpha value is -0.760. The minimum Gasteiger partial charge on any atom is -0.399 e. The zero-order valence-electron chi connectivity index (χ0n) is 6.42. The maximum Gasteiger partial charge on any atom is 0.0869 e. The van der Waals surface area contributed by atoms with Gasteiger partial charge in [-0.1, -0.05) is 12.2 Å². The van der Waals surface area contributed by atoms with Crippen molar-refractivity contribution in [1.29, 1.82) is 0 Å². The first-order valence-electron chi connectivity index (χ1n) is 3.36. The second kappa shape index (κ2) is 2.46. The molecule has 1 aliphatic rings. The quantitative estimate of drug-likeness (QED) is 0.592. The lowest BCUT2D eigenvalue weighted by atomic mass is 9.96. The molecule has 0 saturated heterocycles. The van der Waals surface area contributed by atoms with Crippen molar-refractivity contribution < 1.29 is 4.74 Å². The Kier molecular flexibility index (Phi) is 1.81. The van der Waals surface area contributed by atoms with E-state index in [9.17, 15) is 0 Å². The Morgan fingerprint density at radius 2 is 2.40 bits per heavy atom. The van der Waals surface area contributed by atoms with Crippen LogP contribution in [0.4, 0.5) is 0 Å². The van der Waals surface area contributed by atoms with Crippen LogP contribution in [-0.4, -0.2) is 12.7 Å². The fraction of sp³-hybridized carbons (Fsp3) is 0.500. The average Bonchev–Trinajstić information content (AvgIpc) is 1.96. The molecule has 0 saturated carbocycles. The molecule has 2 N–H and O–H groups in total. The topological polar surface area (TPSA) is 35.2 Å². The second-order valence-electron chi connectivity index (χ2n) is 2.76. The van der Waals surface area contributed by atoms with E-state index < -0.39 is 0 Å². The summed E-state index contributed by atoms with van der Waals surface area (Å²) in [6, 6.07) is 0. The van der Waals surface area contributed by atoms with Crippen LogP contribution in [0.15, 0.2) is 23.9 Å². The zero-order chi connectivity index (χ0) is 7.61. The highest BCUT2D eigenvalue weighted by Gasteiger charge is 2.20. The van der Waals surface area contributed by atoms with Gasteiger partial charge in [0.05, 0.1) is 5.60 Å². The molecule has 0 fully saturated rings. The zero-order valence-corrected chi connectivity index (χ0v) is 6.42. The maximum absolute atomic E-state index is 5.53. The van der Waals surface area contributed by atoms with Crippen molar-refractivity contribution in [2.45, 2.75) is 18.9 Å². The Bertz CT molecular complexity index is 184. The van der Waals surface area contributed by atoms with Crippen LogP contribution in [0.5, 0.6) is 0 Å². The fourth-order valence-electron chi connectivity index (χ4n) is 0.880. The molecule has 1 atom stereocenters. The van der Waals surface area contributed by atoms with E-state index in [1.807, 2.05) is 25.2 Å². The van der Waals surface area contributed by atoms with Gasteiger partial charge in [-0.3, -0.25) is 0 Å². The highest BCUT2D eigenvalue weighted by atomic mass is 16.5. The van der Waals surface area contributed by atoms with Crippen LogP contribution >= 0.6 is 0 Å². The summed E-state index contributed by atoms with van der Waals surface area (Å²) in [5.41, 5.74) is 6.22. The van der Waals surface area contributed by atoms with Gasteiger partial charge in [0, 0.05) is 12.8 Å². The molecule has 0 bridgehead atoms. The molecule has 2 heteroatoms. The third kappa shape index (κ3) is 1.39. The summed E-state index contributed by atoms with van der Waals surface area (Å²) >= 11 is 0. The smallest absolute Gasteiger partial charge is 0.0869 e. The summed E-state index contributed by atoms with van der Waals surface area (Å²) in [4.78, 5) is 0. The van der Waals surface area contributed by atoms with Gasteiger partial charge >= 0.3 is 0 Å². The molecular weight excluding hydrogens is 126 g/mol. The van der Waals surface area contributed by atoms with E-state index in [1.165, 1.54) is 0 Å². The molecule has 0 spiro atoms. The van der Waals surface area contributed by atoms with Gasteiger partial charge in [-0.25, -0.2) is 0 Å². The Balaban J connectivity index is 2.67. The van der Waals surface area contributed by atoms with Gasteiger partial charge in [0.25, 0.3) is 0 Å². The highest BCUT2D eigenvalue weighted by molar-refractivity contribution is 5.24. The summed E-state index contributed by atoms with van der Waals surface area (Å²) in [5.74, 6) is 0. The maximum atomic E-state index is 5.53. The van der Waals surface area contributed by atoms with E-state index >= 15 is 0 Å². The van der Waals surface area contributed by atoms with Crippen LogP contribution in [-0.2, 0) is 4.74 Å². The molecule has 10 heavy (non-hydrogen) atoms. The molecule has 0 aliphatic heterocycles. The first kappa shape index (κ1) is 7.35. The number of allylic oxidation sites excluding steroid dienone is 1. The lowest BCUT2D eigenvalue weighted by Gasteiger charge is -2.25. The summed E-state index contributed by atoms with van der Waals surface area (Å²) in [7, 11) is 1.71. The van der Waals surface area contributed by atoms with E-state index in [-0.39, 0.29) is 5.60 Å². The largest absolute Gasteiger partial charge is 0.399 e. The molecule has 1 rings (SSSR count). The lowest BCUT2D eigenvalue weighted by molar-refractivity contribution is 0.0502. The third-order valence-corrected chi connectivity index (χ3v) is 1.84. The summed E-state index contributed by atoms with van der Waals surface area (Å²) < 4.78 is 5.24. The predicted molar refractivity (Wildman–Crippen MR) is 41.4 cm³/mol. The first-order valence-corrected chi connectivity index (χ1v) is 3.36. The number of ether oxygens (including phenoxy) is 1. The van der Waals surface area contributed by atoms with Crippen LogP contribution in [0, 0.1) is 0 Å². The summed E-state index contributed by atoms with van der Waals surface area (Å²) in [6.45, 7) is 2.03. The normalized spacial score (nSPS) is 32.0. The van der Waals surface area contributed by atoms with E-state index in [2.05, 4.69) is 0 Å². The van der Waals surface area contributed by atoms with E-state index in [0.29, 0.717) is 0 Å². The Morgan fingerprint density at radius 1 is 1.70 bits per heavy atom. The predicted octanol–water partition coefficient (Wildman–Crippen LogP) is 1.19. The standard InChI is InChI=1S/C8H13NO/c1-8(10-2)5-3-7(9)4-6-8/h3-5H,6,9H2,1-2H3. The number of methoxy groups -OCH3 is 1. The van der Waals surface area contributed by atoms with Crippen molar-refractivity contribution in [3.63, 3.8) is 0 Å². The van der Waals surface area contributed by atoms with Gasteiger partial charge in [0.2, 0.25) is 0 Å². The lowest BCUT2D eigenvalue weighted by Crippen LogP contribution is -2.25. The monoisotopic (exact) mass is 139 g/mol. The van der Waals surface area contributed by atoms with Crippen LogP contribution in [0.25, 0.3) is 0 Å². The van der Waals surface area contributed by atoms with Gasteiger partial charge in [0.1, 0.15) is 0 Å². The molecule has 56 valence electrons. The summed E-state index contributed by atoms with van der Waals surface area (Å²) in [5, 5.41) is 0. The van der Waals surface area contributed by atoms with Crippen LogP contribution in [0.1, 0.15) is 13.3 Å². The number of hydrogen-bond acceptors (Lipinski definition) is 2. The molecular formula is C8H13NO. The van der Waals surface area contributed by atoms with E-state index in [1.54, 1.807) is 7.11 Å². The Labute approximate surface area is 61.4 Å². The minimum atomic E-state index is -0.136. The molecule has 0 amide bonds. The average molecular weight is 139 g/mol. The molecule has 0 aromatic carbocycles. The van der Waals surface area contributed by atoms with Crippen molar-refractivity contribution >= 4 is 0 Å². The summed E-state index contributed by atoms with van der Waals surface area (Å²) in [6.07, 6.45) is 6.71. The SMILES string of the molecule is COC1(C)C=CC(N)=CC1. The molecule has 0 radical (unpaired) electrons. The van der Waals surface area contributed by atoms with Crippen LogP contribution < -0.4 is 5.73 Å². The van der Waals surface area contributed by atoms with Crippen molar-refractivity contribution in [3.8, 4) is 0 Å². The van der Waals surface area contributed by atoms with Crippen LogP contribution in [0.3, 0.4) is 0 Å². The van der Waals surface area contributed by atoms with Gasteiger partial charge in [0.15, 0.2) is 0 Å². The minimum absolute atomic E-state index is 0.136. The van der Waals surface area contributed by atoms with Gasteiger partial charge < -0.3 is 10.5 Å². The molecule has 0 aromatic rings. The molecule has 2 nitrogen and oxygen atoms in total. The Morgan fingerprint density at radius 3 is 2.80 bits per heavy atom. The second-order valence-corrected chi connectivity index (χ2v) is 2.76. The number of rotatable bonds is 1. The molecule has 0 aromatic heterocycles.